The van der Waals surface area contributed by atoms with E-state index in [4.69, 9.17) is 18.4 Å². The maximum Gasteiger partial charge on any atom is 0.408 e. The van der Waals surface area contributed by atoms with Crippen LogP contribution in [-0.4, -0.2) is 86.7 Å². The zero-order valence-corrected chi connectivity index (χ0v) is 32.0. The Balaban J connectivity index is 1.26. The van der Waals surface area contributed by atoms with E-state index in [9.17, 15) is 27.6 Å². The molecule has 0 spiro atoms. The smallest absolute Gasteiger partial charge is 0.408 e. The van der Waals surface area contributed by atoms with E-state index in [0.717, 1.165) is 42.9 Å². The number of nitrogens with one attached hydrogen (secondary N) is 3. The van der Waals surface area contributed by atoms with Crippen LogP contribution in [-0.2, 0) is 33.6 Å². The molecule has 290 valence electrons. The third kappa shape index (κ3) is 8.99. The number of methoxy groups -OCH3 is 1. The number of likely N-dealkylation sites (tertiary alicyclic amines) is 1. The molecule has 3 saturated carbocycles. The van der Waals surface area contributed by atoms with E-state index in [2.05, 4.69) is 10.6 Å². The zero-order chi connectivity index (χ0) is 38.1. The first-order valence-electron chi connectivity index (χ1n) is 18.7. The van der Waals surface area contributed by atoms with E-state index in [-0.39, 0.29) is 37.8 Å². The van der Waals surface area contributed by atoms with Crippen molar-refractivity contribution >= 4 is 44.9 Å². The van der Waals surface area contributed by atoms with Gasteiger partial charge in [0.2, 0.25) is 11.8 Å². The lowest BCUT2D eigenvalue weighted by atomic mass is 9.66. The van der Waals surface area contributed by atoms with Gasteiger partial charge in [-0.3, -0.25) is 18.6 Å². The van der Waals surface area contributed by atoms with Gasteiger partial charge in [0.15, 0.2) is 0 Å². The molecule has 53 heavy (non-hydrogen) atoms. The van der Waals surface area contributed by atoms with Gasteiger partial charge in [0.05, 0.1) is 19.8 Å². The van der Waals surface area contributed by atoms with Crippen molar-refractivity contribution in [2.45, 2.75) is 128 Å². The van der Waals surface area contributed by atoms with Crippen LogP contribution in [0.25, 0.3) is 10.8 Å². The van der Waals surface area contributed by atoms with Gasteiger partial charge in [-0.1, -0.05) is 46.2 Å². The minimum atomic E-state index is -4.39. The first kappa shape index (κ1) is 38.6. The van der Waals surface area contributed by atoms with Gasteiger partial charge in [-0.25, -0.2) is 9.52 Å². The minimum Gasteiger partial charge on any atom is -0.497 e. The number of alkyl carbamates (subject to hydrolysis) is 1. The molecule has 4 amide bonds. The number of nitrogens with zero attached hydrogens (tertiary/aromatic N) is 1. The second-order valence-corrected chi connectivity index (χ2v) is 17.3. The molecule has 2 aromatic carbocycles. The fourth-order valence-corrected chi connectivity index (χ4v) is 8.62. The average molecular weight is 757 g/mol. The SMILES string of the molecule is CCC1CC(NC(=O)C2C[C@@H](Oc3cccc4cc(OC)ccc34)CN2C(=O)C(NC(=O)OC2CCCC2)C(C)(C)C)(C(=O)NS(=O)(=O)OC2CC2)C1. The molecule has 6 rings (SSSR count). The van der Waals surface area contributed by atoms with E-state index < -0.39 is 69.4 Å². The van der Waals surface area contributed by atoms with Crippen molar-refractivity contribution in [1.29, 1.82) is 0 Å². The predicted molar refractivity (Wildman–Crippen MR) is 195 cm³/mol. The topological polar surface area (TPSA) is 179 Å². The third-order valence-electron chi connectivity index (χ3n) is 10.8. The highest BCUT2D eigenvalue weighted by Crippen LogP contribution is 2.41. The van der Waals surface area contributed by atoms with Gasteiger partial charge >= 0.3 is 16.4 Å². The van der Waals surface area contributed by atoms with Gasteiger partial charge in [-0.2, -0.15) is 8.42 Å². The maximum absolute atomic E-state index is 14.6. The average Bonchev–Trinajstić information content (AvgIpc) is 3.53. The van der Waals surface area contributed by atoms with Crippen LogP contribution in [0, 0.1) is 11.3 Å². The van der Waals surface area contributed by atoms with Crippen molar-refractivity contribution in [3.05, 3.63) is 36.4 Å². The lowest BCUT2D eigenvalue weighted by Gasteiger charge is -2.47. The van der Waals surface area contributed by atoms with Crippen molar-refractivity contribution in [2.24, 2.45) is 11.3 Å². The van der Waals surface area contributed by atoms with E-state index in [1.807, 2.05) is 68.8 Å². The number of rotatable bonds is 13. The molecule has 0 aromatic heterocycles. The largest absolute Gasteiger partial charge is 0.497 e. The van der Waals surface area contributed by atoms with Crippen molar-refractivity contribution in [2.75, 3.05) is 13.7 Å². The van der Waals surface area contributed by atoms with Gasteiger partial charge in [-0.05, 0) is 92.4 Å². The Morgan fingerprint density at radius 3 is 2.34 bits per heavy atom. The summed E-state index contributed by atoms with van der Waals surface area (Å²) in [7, 11) is -2.80. The van der Waals surface area contributed by atoms with Crippen LogP contribution in [0.15, 0.2) is 36.4 Å². The van der Waals surface area contributed by atoms with Gasteiger partial charge in [-0.15, -0.1) is 0 Å². The molecule has 1 aliphatic heterocycles. The molecule has 0 radical (unpaired) electrons. The van der Waals surface area contributed by atoms with Gasteiger partial charge in [0.25, 0.3) is 5.91 Å². The summed E-state index contributed by atoms with van der Waals surface area (Å²) in [6.45, 7) is 7.42. The number of ether oxygens (including phenoxy) is 3. The van der Waals surface area contributed by atoms with Gasteiger partial charge < -0.3 is 29.7 Å². The molecular formula is C38H52N4O10S. The molecule has 2 unspecified atom stereocenters. The third-order valence-corrected chi connectivity index (χ3v) is 11.8. The summed E-state index contributed by atoms with van der Waals surface area (Å²) in [5.74, 6) is -0.698. The fourth-order valence-electron chi connectivity index (χ4n) is 7.60. The van der Waals surface area contributed by atoms with Crippen LogP contribution in [0.3, 0.4) is 0 Å². The molecular weight excluding hydrogens is 705 g/mol. The van der Waals surface area contributed by atoms with Crippen LogP contribution in [0.2, 0.25) is 0 Å². The molecule has 1 saturated heterocycles. The summed E-state index contributed by atoms with van der Waals surface area (Å²) in [5, 5.41) is 7.34. The Morgan fingerprint density at radius 2 is 1.70 bits per heavy atom. The lowest BCUT2D eigenvalue weighted by Crippen LogP contribution is -2.68. The number of carbonyl (C=O) groups excluding carboxylic acids is 4. The summed E-state index contributed by atoms with van der Waals surface area (Å²) < 4.78 is 49.9. The number of fused-ring (bicyclic) bond motifs is 1. The summed E-state index contributed by atoms with van der Waals surface area (Å²) in [5.41, 5.74) is -2.30. The Bertz CT molecular complexity index is 1810. The minimum absolute atomic E-state index is 0.00971. The summed E-state index contributed by atoms with van der Waals surface area (Å²) >= 11 is 0. The molecule has 4 aliphatic rings. The van der Waals surface area contributed by atoms with Crippen molar-refractivity contribution in [1.82, 2.24) is 20.3 Å². The molecule has 3 N–H and O–H groups in total. The van der Waals surface area contributed by atoms with E-state index in [1.54, 1.807) is 7.11 Å². The number of carbonyl (C=O) groups is 4. The second kappa shape index (κ2) is 15.3. The quantitative estimate of drug-likeness (QED) is 0.264. The lowest BCUT2D eigenvalue weighted by molar-refractivity contribution is -0.145. The fraction of sp³-hybridized carbons (Fsp3) is 0.632. The normalized spacial score (nSPS) is 25.3. The second-order valence-electron chi connectivity index (χ2n) is 16.0. The number of amides is 4. The summed E-state index contributed by atoms with van der Waals surface area (Å²) in [6.07, 6.45) is 3.84. The summed E-state index contributed by atoms with van der Waals surface area (Å²) in [4.78, 5) is 57.1. The van der Waals surface area contributed by atoms with Gasteiger partial charge in [0.1, 0.15) is 41.3 Å². The van der Waals surface area contributed by atoms with Crippen molar-refractivity contribution in [3.8, 4) is 11.5 Å². The number of hydrogen-bond donors (Lipinski definition) is 3. The van der Waals surface area contributed by atoms with E-state index in [1.165, 1.54) is 4.90 Å². The van der Waals surface area contributed by atoms with Crippen LogP contribution < -0.4 is 24.8 Å². The monoisotopic (exact) mass is 756 g/mol. The Morgan fingerprint density at radius 1 is 0.981 bits per heavy atom. The zero-order valence-electron chi connectivity index (χ0n) is 31.1. The number of benzene rings is 2. The van der Waals surface area contributed by atoms with Crippen LogP contribution in [0.1, 0.15) is 91.9 Å². The highest BCUT2D eigenvalue weighted by molar-refractivity contribution is 7.85. The number of hydrogen-bond acceptors (Lipinski definition) is 10. The molecule has 0 bridgehead atoms. The molecule has 2 aromatic rings. The standard InChI is InChI=1S/C38H52N4O10S/c1-6-23-20-38(21-23,35(45)41-53(47,48)52-26-14-15-26)40-33(43)30-19-28(50-31-13-9-10-24-18-27(49-5)16-17-29(24)31)22-42(30)34(44)32(37(2,3)4)39-36(46)51-25-11-7-8-12-25/h9-10,13,16-18,23,25-26,28,30,32H,6-8,11-12,14-15,19-22H2,1-5H3,(H,39,46)(H,40,43)(H,41,45)/t23?,28-,30?,32?,38?/m1/s1. The van der Waals surface area contributed by atoms with E-state index in [0.29, 0.717) is 24.3 Å². The van der Waals surface area contributed by atoms with Crippen LogP contribution in [0.5, 0.6) is 11.5 Å². The highest BCUT2D eigenvalue weighted by Gasteiger charge is 2.54. The van der Waals surface area contributed by atoms with Crippen molar-refractivity contribution in [3.63, 3.8) is 0 Å². The van der Waals surface area contributed by atoms with Crippen LogP contribution >= 0.6 is 0 Å². The van der Waals surface area contributed by atoms with Crippen LogP contribution in [0.4, 0.5) is 4.79 Å². The van der Waals surface area contributed by atoms with Gasteiger partial charge in [0, 0.05) is 11.8 Å². The Hall–Kier alpha value is -4.11. The molecule has 1 heterocycles. The van der Waals surface area contributed by atoms with E-state index >= 15 is 0 Å². The first-order valence-corrected chi connectivity index (χ1v) is 20.1. The maximum atomic E-state index is 14.6. The molecule has 14 nitrogen and oxygen atoms in total. The molecule has 4 fully saturated rings. The summed E-state index contributed by atoms with van der Waals surface area (Å²) in [6, 6.07) is 9.01. The Kier molecular flexibility index (Phi) is 11.2. The Labute approximate surface area is 311 Å². The highest BCUT2D eigenvalue weighted by atomic mass is 32.2. The molecule has 3 aliphatic carbocycles. The predicted octanol–water partition coefficient (Wildman–Crippen LogP) is 4.50. The first-order chi connectivity index (χ1) is 25.1. The molecule has 3 atom stereocenters. The molecule has 15 heteroatoms. The van der Waals surface area contributed by atoms with Crippen molar-refractivity contribution < 1.29 is 46.0 Å².